The van der Waals surface area contributed by atoms with Gasteiger partial charge in [-0.3, -0.25) is 0 Å². The predicted molar refractivity (Wildman–Crippen MR) is 58.2 cm³/mol. The van der Waals surface area contributed by atoms with Crippen molar-refractivity contribution in [3.63, 3.8) is 0 Å². The zero-order valence-electron chi connectivity index (χ0n) is 7.95. The molecular weight excluding hydrogens is 134 g/mol. The van der Waals surface area contributed by atoms with Gasteiger partial charge in [0.2, 0.25) is 0 Å². The van der Waals surface area contributed by atoms with Crippen LogP contribution in [0.5, 0.6) is 0 Å². The summed E-state index contributed by atoms with van der Waals surface area (Å²) in [5.41, 5.74) is 0.500. The minimum atomic E-state index is 0. The molecule has 0 radical (unpaired) electrons. The van der Waals surface area contributed by atoms with Crippen molar-refractivity contribution in [2.45, 2.75) is 42.5 Å². The van der Waals surface area contributed by atoms with Gasteiger partial charge in [-0.05, 0) is 26.6 Å². The van der Waals surface area contributed by atoms with Crippen LogP contribution in [0.15, 0.2) is 0 Å². The van der Waals surface area contributed by atoms with Crippen molar-refractivity contribution >= 4 is 0 Å². The van der Waals surface area contributed by atoms with Crippen LogP contribution in [0.2, 0.25) is 0 Å². The Morgan fingerprint density at radius 1 is 0.727 bits per heavy atom. The fourth-order valence-corrected chi connectivity index (χ4v) is 0. The lowest BCUT2D eigenvalue weighted by Gasteiger charge is -2.05. The average molecular weight is 163 g/mol. The topological polar surface area (TPSA) is 3.24 Å². The predicted octanol–water partition coefficient (Wildman–Crippen LogP) is 3.50. The second kappa shape index (κ2) is 9.96. The number of hydrogen-bond donors (Lipinski definition) is 0. The second-order valence-electron chi connectivity index (χ2n) is 4.34. The molecule has 0 heterocycles. The molecule has 0 atom stereocenters. The first-order valence-corrected chi connectivity index (χ1v) is 3.34. The van der Waals surface area contributed by atoms with Gasteiger partial charge in [0.1, 0.15) is 0 Å². The van der Waals surface area contributed by atoms with Crippen molar-refractivity contribution in [2.24, 2.45) is 5.41 Å². The van der Waals surface area contributed by atoms with Gasteiger partial charge in [-0.2, -0.15) is 0 Å². The van der Waals surface area contributed by atoms with E-state index in [4.69, 9.17) is 0 Å². The zero-order chi connectivity index (χ0) is 8.08. The van der Waals surface area contributed by atoms with Crippen molar-refractivity contribution in [1.29, 1.82) is 0 Å². The Morgan fingerprint density at radius 3 is 0.727 bits per heavy atom. The van der Waals surface area contributed by atoms with E-state index in [0.29, 0.717) is 5.41 Å². The first kappa shape index (κ1) is 22.4. The molecule has 0 aliphatic heterocycles. The molecule has 0 amide bonds. The van der Waals surface area contributed by atoms with E-state index in [1.807, 2.05) is 26.0 Å². The van der Waals surface area contributed by atoms with Gasteiger partial charge in [-0.25, -0.2) is 0 Å². The monoisotopic (exact) mass is 163 g/mol. The van der Waals surface area contributed by atoms with Crippen LogP contribution in [0.3, 0.4) is 0 Å². The van der Waals surface area contributed by atoms with E-state index in [1.54, 1.807) is 0 Å². The molecule has 0 spiro atoms. The summed E-state index contributed by atoms with van der Waals surface area (Å²) in [5.74, 6) is 0. The van der Waals surface area contributed by atoms with Gasteiger partial charge in [0.05, 0.1) is 0 Å². The van der Waals surface area contributed by atoms with Crippen LogP contribution in [0, 0.1) is 5.41 Å². The third-order valence-electron chi connectivity index (χ3n) is 0. The second-order valence-corrected chi connectivity index (χ2v) is 4.34. The van der Waals surface area contributed by atoms with Gasteiger partial charge >= 0.3 is 0 Å². The molecule has 1 heteroatoms. The molecule has 0 aromatic rings. The van der Waals surface area contributed by atoms with Gasteiger partial charge < -0.3 is 4.90 Å². The third-order valence-corrected chi connectivity index (χ3v) is 0. The van der Waals surface area contributed by atoms with Crippen molar-refractivity contribution in [3.05, 3.63) is 0 Å². The fraction of sp³-hybridized carbons (Fsp3) is 1.00. The smallest absolute Gasteiger partial charge is 0.0140 e. The Hall–Kier alpha value is -0.0400. The summed E-state index contributed by atoms with van der Waals surface area (Å²) in [6.07, 6.45) is 0. The maximum Gasteiger partial charge on any atom is -0.0140 e. The van der Waals surface area contributed by atoms with Crippen molar-refractivity contribution in [3.8, 4) is 0 Å². The van der Waals surface area contributed by atoms with Crippen LogP contribution < -0.4 is 0 Å². The summed E-state index contributed by atoms with van der Waals surface area (Å²) in [6.45, 7) is 8.75. The molecule has 0 aliphatic carbocycles. The lowest BCUT2D eigenvalue weighted by atomic mass is 10.0. The molecule has 74 valence electrons. The minimum Gasteiger partial charge on any atom is -0.312 e. The zero-order valence-corrected chi connectivity index (χ0v) is 7.95. The quantitative estimate of drug-likeness (QED) is 0.528. The summed E-state index contributed by atoms with van der Waals surface area (Å²) in [4.78, 5) is 2.00. The van der Waals surface area contributed by atoms with E-state index in [-0.39, 0.29) is 14.9 Å². The van der Waals surface area contributed by atoms with E-state index < -0.39 is 0 Å². The largest absolute Gasteiger partial charge is 0.312 e. The summed E-state index contributed by atoms with van der Waals surface area (Å²) in [5, 5.41) is 0. The molecule has 0 saturated carbocycles. The maximum atomic E-state index is 2.19. The van der Waals surface area contributed by atoms with Gasteiger partial charge in [0, 0.05) is 0 Å². The highest BCUT2D eigenvalue weighted by Gasteiger charge is 1.95. The Kier molecular flexibility index (Phi) is 20.3. The first-order valence-electron chi connectivity index (χ1n) is 3.34. The van der Waals surface area contributed by atoms with Gasteiger partial charge in [0.25, 0.3) is 0 Å². The van der Waals surface area contributed by atoms with E-state index in [9.17, 15) is 0 Å². The molecule has 11 heavy (non-hydrogen) atoms. The highest BCUT2D eigenvalue weighted by atomic mass is 15.0. The highest BCUT2D eigenvalue weighted by molar-refractivity contribution is 4.47. The summed E-state index contributed by atoms with van der Waals surface area (Å²) in [7, 11) is 6.00. The molecule has 0 bridgehead atoms. The third kappa shape index (κ3) is 394000. The summed E-state index contributed by atoms with van der Waals surface area (Å²) >= 11 is 0. The SMILES string of the molecule is C.C.CC(C)(C)C.CN(C)C. The number of hydrogen-bond acceptors (Lipinski definition) is 1. The maximum absolute atomic E-state index is 2.19. The highest BCUT2D eigenvalue weighted by Crippen LogP contribution is 2.07. The molecule has 0 aliphatic rings. The lowest BCUT2D eigenvalue weighted by molar-refractivity contribution is 0.469. The Balaban J connectivity index is -0.0000000383. The molecule has 0 N–H and O–H groups in total. The minimum absolute atomic E-state index is 0. The van der Waals surface area contributed by atoms with Gasteiger partial charge in [-0.15, -0.1) is 0 Å². The van der Waals surface area contributed by atoms with E-state index in [1.165, 1.54) is 0 Å². The molecule has 0 saturated heterocycles. The van der Waals surface area contributed by atoms with Gasteiger partial charge in [0.15, 0.2) is 0 Å². The fourth-order valence-electron chi connectivity index (χ4n) is 0. The van der Waals surface area contributed by atoms with E-state index in [2.05, 4.69) is 27.7 Å². The van der Waals surface area contributed by atoms with Crippen molar-refractivity contribution < 1.29 is 0 Å². The normalized spacial score (nSPS) is 8.73. The molecule has 1 nitrogen and oxygen atoms in total. The van der Waals surface area contributed by atoms with Crippen LogP contribution in [-0.2, 0) is 0 Å². The molecule has 0 aromatic carbocycles. The Morgan fingerprint density at radius 2 is 0.727 bits per heavy atom. The number of nitrogens with zero attached hydrogens (tertiary/aromatic N) is 1. The lowest BCUT2D eigenvalue weighted by Crippen LogP contribution is -1.99. The molecule has 0 rings (SSSR count). The molecular formula is C10H29N. The van der Waals surface area contributed by atoms with Crippen LogP contribution in [-0.4, -0.2) is 26.0 Å². The van der Waals surface area contributed by atoms with Crippen LogP contribution in [0.1, 0.15) is 42.5 Å². The van der Waals surface area contributed by atoms with Crippen molar-refractivity contribution in [1.82, 2.24) is 4.90 Å². The number of rotatable bonds is 0. The van der Waals surface area contributed by atoms with E-state index in [0.717, 1.165) is 0 Å². The van der Waals surface area contributed by atoms with Gasteiger partial charge in [-0.1, -0.05) is 42.5 Å². The summed E-state index contributed by atoms with van der Waals surface area (Å²) in [6, 6.07) is 0. The average Bonchev–Trinajstić information content (AvgIpc) is 1.19. The molecule has 0 aromatic heterocycles. The standard InChI is InChI=1S/C5H12.C3H9N.2CH4/c1-5(2,3)4;1-4(2)3;;/h1-4H3;1-3H3;2*1H4. The Bertz CT molecular complexity index is 41.6. The molecule has 0 fully saturated rings. The van der Waals surface area contributed by atoms with Crippen molar-refractivity contribution in [2.75, 3.05) is 21.1 Å². The molecule has 0 unspecified atom stereocenters. The van der Waals surface area contributed by atoms with Crippen LogP contribution in [0.4, 0.5) is 0 Å². The van der Waals surface area contributed by atoms with Crippen LogP contribution in [0.25, 0.3) is 0 Å². The Labute approximate surface area is 74.8 Å². The van der Waals surface area contributed by atoms with E-state index >= 15 is 0 Å². The van der Waals surface area contributed by atoms with Crippen LogP contribution >= 0.6 is 0 Å². The first-order chi connectivity index (χ1) is 3.73. The summed E-state index contributed by atoms with van der Waals surface area (Å²) < 4.78 is 0.